The second-order valence-electron chi connectivity index (χ2n) is 4.89. The van der Waals surface area contributed by atoms with E-state index < -0.39 is 28.3 Å². The van der Waals surface area contributed by atoms with E-state index in [1.807, 2.05) is 0 Å². The van der Waals surface area contributed by atoms with Crippen LogP contribution in [0.5, 0.6) is 0 Å². The van der Waals surface area contributed by atoms with Gasteiger partial charge in [0.15, 0.2) is 5.79 Å². The van der Waals surface area contributed by atoms with Gasteiger partial charge in [-0.05, 0) is 27.7 Å². The Labute approximate surface area is 116 Å². The van der Waals surface area contributed by atoms with E-state index in [1.165, 1.54) is 0 Å². The lowest BCUT2D eigenvalue weighted by Gasteiger charge is -2.28. The molecule has 106 valence electrons. The van der Waals surface area contributed by atoms with Crippen molar-refractivity contribution < 1.29 is 24.1 Å². The molecule has 0 amide bonds. The summed E-state index contributed by atoms with van der Waals surface area (Å²) in [5.41, 5.74) is 0. The minimum atomic E-state index is -2.08. The molecule has 1 rings (SSSR count). The van der Waals surface area contributed by atoms with E-state index in [2.05, 4.69) is 0 Å². The first-order chi connectivity index (χ1) is 8.06. The standard InChI is InChI=1S/C11H18Cl2O5/c1-6(2)17-9(15)11(12,13)8(14)7-5-16-10(3,4)18-7/h6-8,14H,5H2,1-4H3/t7-,8-/m1/s1. The van der Waals surface area contributed by atoms with Crippen molar-refractivity contribution in [2.75, 3.05) is 6.61 Å². The van der Waals surface area contributed by atoms with Crippen LogP contribution in [0.25, 0.3) is 0 Å². The molecule has 1 fully saturated rings. The summed E-state index contributed by atoms with van der Waals surface area (Å²) in [6.45, 7) is 6.80. The van der Waals surface area contributed by atoms with Gasteiger partial charge in [0.2, 0.25) is 4.33 Å². The van der Waals surface area contributed by atoms with E-state index in [0.717, 1.165) is 0 Å². The summed E-state index contributed by atoms with van der Waals surface area (Å²) in [7, 11) is 0. The van der Waals surface area contributed by atoms with Gasteiger partial charge in [0, 0.05) is 0 Å². The van der Waals surface area contributed by atoms with E-state index in [0.29, 0.717) is 0 Å². The summed E-state index contributed by atoms with van der Waals surface area (Å²) >= 11 is 11.7. The van der Waals surface area contributed by atoms with Gasteiger partial charge >= 0.3 is 5.97 Å². The Hall–Kier alpha value is -0.0700. The van der Waals surface area contributed by atoms with Crippen LogP contribution in [-0.2, 0) is 19.0 Å². The lowest BCUT2D eigenvalue weighted by atomic mass is 10.1. The van der Waals surface area contributed by atoms with Crippen LogP contribution in [0, 0.1) is 0 Å². The zero-order valence-corrected chi connectivity index (χ0v) is 12.3. The summed E-state index contributed by atoms with van der Waals surface area (Å²) in [5, 5.41) is 10.0. The normalized spacial score (nSPS) is 25.2. The fraction of sp³-hybridized carbons (Fsp3) is 0.909. The van der Waals surface area contributed by atoms with Crippen molar-refractivity contribution in [1.29, 1.82) is 0 Å². The summed E-state index contributed by atoms with van der Waals surface area (Å²) < 4.78 is 13.5. The van der Waals surface area contributed by atoms with Crippen molar-refractivity contribution in [3.05, 3.63) is 0 Å². The summed E-state index contributed by atoms with van der Waals surface area (Å²) in [4.78, 5) is 11.7. The fourth-order valence-electron chi connectivity index (χ4n) is 1.52. The third-order valence-corrected chi connectivity index (χ3v) is 3.12. The largest absolute Gasteiger partial charge is 0.461 e. The van der Waals surface area contributed by atoms with Crippen LogP contribution in [0.15, 0.2) is 0 Å². The van der Waals surface area contributed by atoms with Crippen LogP contribution >= 0.6 is 23.2 Å². The van der Waals surface area contributed by atoms with E-state index in [9.17, 15) is 9.90 Å². The topological polar surface area (TPSA) is 65.0 Å². The molecule has 5 nitrogen and oxygen atoms in total. The van der Waals surface area contributed by atoms with Gasteiger partial charge in [-0.25, -0.2) is 4.79 Å². The second-order valence-corrected chi connectivity index (χ2v) is 6.27. The molecule has 1 N–H and O–H groups in total. The molecule has 0 unspecified atom stereocenters. The Balaban J connectivity index is 2.70. The molecule has 2 atom stereocenters. The average molecular weight is 301 g/mol. The number of hydrogen-bond acceptors (Lipinski definition) is 5. The number of halogens is 2. The van der Waals surface area contributed by atoms with Gasteiger partial charge in [0.1, 0.15) is 12.2 Å². The van der Waals surface area contributed by atoms with Crippen LogP contribution in [0.4, 0.5) is 0 Å². The Kier molecular flexibility index (Phi) is 4.89. The third-order valence-electron chi connectivity index (χ3n) is 2.37. The number of alkyl halides is 2. The lowest BCUT2D eigenvalue weighted by molar-refractivity contribution is -0.163. The highest BCUT2D eigenvalue weighted by atomic mass is 35.5. The van der Waals surface area contributed by atoms with Gasteiger partial charge in [-0.1, -0.05) is 23.2 Å². The molecule has 0 saturated carbocycles. The van der Waals surface area contributed by atoms with E-state index in [1.54, 1.807) is 27.7 Å². The van der Waals surface area contributed by atoms with Crippen molar-refractivity contribution in [3.8, 4) is 0 Å². The van der Waals surface area contributed by atoms with Crippen molar-refractivity contribution in [1.82, 2.24) is 0 Å². The van der Waals surface area contributed by atoms with Crippen LogP contribution in [0.1, 0.15) is 27.7 Å². The highest BCUT2D eigenvalue weighted by molar-refractivity contribution is 6.58. The van der Waals surface area contributed by atoms with Crippen LogP contribution in [0.2, 0.25) is 0 Å². The number of aliphatic hydroxyl groups is 1. The minimum absolute atomic E-state index is 0.102. The number of aliphatic hydroxyl groups excluding tert-OH is 1. The molecule has 1 aliphatic rings. The van der Waals surface area contributed by atoms with E-state index in [4.69, 9.17) is 37.4 Å². The molecule has 0 aromatic heterocycles. The van der Waals surface area contributed by atoms with Gasteiger partial charge in [-0.2, -0.15) is 0 Å². The molecule has 18 heavy (non-hydrogen) atoms. The molecule has 1 saturated heterocycles. The second kappa shape index (κ2) is 5.51. The van der Waals surface area contributed by atoms with Crippen LogP contribution in [0.3, 0.4) is 0 Å². The molecule has 7 heteroatoms. The number of ether oxygens (including phenoxy) is 3. The molecule has 0 spiro atoms. The first-order valence-electron chi connectivity index (χ1n) is 5.65. The quantitative estimate of drug-likeness (QED) is 0.631. The molecule has 0 aromatic rings. The Morgan fingerprint density at radius 2 is 2.06 bits per heavy atom. The fourth-order valence-corrected chi connectivity index (χ4v) is 1.89. The van der Waals surface area contributed by atoms with Crippen molar-refractivity contribution in [2.24, 2.45) is 0 Å². The SMILES string of the molecule is CC(C)OC(=O)C(Cl)(Cl)[C@H](O)[C@H]1COC(C)(C)O1. The number of rotatable bonds is 4. The molecule has 1 heterocycles. The van der Waals surface area contributed by atoms with Crippen molar-refractivity contribution in [3.63, 3.8) is 0 Å². The third kappa shape index (κ3) is 3.71. The molecular weight excluding hydrogens is 283 g/mol. The maximum atomic E-state index is 11.7. The Morgan fingerprint density at radius 1 is 1.50 bits per heavy atom. The van der Waals surface area contributed by atoms with Crippen LogP contribution in [-0.4, -0.2) is 46.1 Å². The monoisotopic (exact) mass is 300 g/mol. The zero-order chi connectivity index (χ0) is 14.1. The number of carbonyl (C=O) groups excluding carboxylic acids is 1. The predicted molar refractivity (Wildman–Crippen MR) is 66.6 cm³/mol. The smallest absolute Gasteiger partial charge is 0.345 e. The molecule has 0 radical (unpaired) electrons. The van der Waals surface area contributed by atoms with Crippen LogP contribution < -0.4 is 0 Å². The van der Waals surface area contributed by atoms with Gasteiger partial charge < -0.3 is 19.3 Å². The molecular formula is C11H18Cl2O5. The predicted octanol–water partition coefficient (Wildman–Crippen LogP) is 1.62. The lowest BCUT2D eigenvalue weighted by Crippen LogP contribution is -2.49. The zero-order valence-electron chi connectivity index (χ0n) is 10.8. The van der Waals surface area contributed by atoms with Gasteiger partial charge in [0.25, 0.3) is 0 Å². The van der Waals surface area contributed by atoms with Gasteiger partial charge in [0.05, 0.1) is 12.7 Å². The van der Waals surface area contributed by atoms with Gasteiger partial charge in [-0.3, -0.25) is 0 Å². The van der Waals surface area contributed by atoms with E-state index in [-0.39, 0.29) is 12.7 Å². The molecule has 0 aliphatic carbocycles. The number of carbonyl (C=O) groups is 1. The summed E-state index contributed by atoms with van der Waals surface area (Å²) in [6.07, 6.45) is -2.60. The van der Waals surface area contributed by atoms with E-state index >= 15 is 0 Å². The highest BCUT2D eigenvalue weighted by Gasteiger charge is 2.51. The van der Waals surface area contributed by atoms with Gasteiger partial charge in [-0.15, -0.1) is 0 Å². The molecule has 0 bridgehead atoms. The maximum Gasteiger partial charge on any atom is 0.345 e. The molecule has 0 aromatic carbocycles. The molecule has 1 aliphatic heterocycles. The average Bonchev–Trinajstić information content (AvgIpc) is 2.56. The number of esters is 1. The van der Waals surface area contributed by atoms with Crippen molar-refractivity contribution >= 4 is 29.2 Å². The summed E-state index contributed by atoms with van der Waals surface area (Å²) in [6, 6.07) is 0. The first kappa shape index (κ1) is 16.0. The first-order valence-corrected chi connectivity index (χ1v) is 6.40. The number of hydrogen-bond donors (Lipinski definition) is 1. The minimum Gasteiger partial charge on any atom is -0.461 e. The Bertz CT molecular complexity index is 317. The highest BCUT2D eigenvalue weighted by Crippen LogP contribution is 2.35. The summed E-state index contributed by atoms with van der Waals surface area (Å²) in [5.74, 6) is -1.74. The Morgan fingerprint density at radius 3 is 2.44 bits per heavy atom. The van der Waals surface area contributed by atoms with Crippen molar-refractivity contribution in [2.45, 2.75) is 56.1 Å². The maximum absolute atomic E-state index is 11.7.